The standard InChI is InChI=1S/C21H22N2S/c1-14-16(15-8-5-4-6-9-15)10-7-11-17(14)20-23-19-18(24-20)12-22-13-21(19,2)3/h4-11,22H,12-13H2,1-3H3. The van der Waals surface area contributed by atoms with Crippen LogP contribution >= 0.6 is 11.3 Å². The molecule has 0 aliphatic carbocycles. The van der Waals surface area contributed by atoms with E-state index < -0.39 is 0 Å². The van der Waals surface area contributed by atoms with Gasteiger partial charge >= 0.3 is 0 Å². The zero-order valence-corrected chi connectivity index (χ0v) is 15.2. The van der Waals surface area contributed by atoms with Crippen LogP contribution in [0.5, 0.6) is 0 Å². The zero-order valence-electron chi connectivity index (χ0n) is 14.4. The Morgan fingerprint density at radius 2 is 1.75 bits per heavy atom. The van der Waals surface area contributed by atoms with Crippen molar-refractivity contribution in [3.63, 3.8) is 0 Å². The van der Waals surface area contributed by atoms with Gasteiger partial charge in [0.25, 0.3) is 0 Å². The second kappa shape index (κ2) is 5.83. The molecular formula is C21H22N2S. The first-order valence-corrected chi connectivity index (χ1v) is 9.24. The second-order valence-electron chi connectivity index (χ2n) is 7.12. The Morgan fingerprint density at radius 3 is 2.50 bits per heavy atom. The van der Waals surface area contributed by atoms with Gasteiger partial charge < -0.3 is 5.32 Å². The molecule has 1 N–H and O–H groups in total. The van der Waals surface area contributed by atoms with Crippen molar-refractivity contribution >= 4 is 11.3 Å². The highest BCUT2D eigenvalue weighted by Crippen LogP contribution is 2.39. The molecule has 1 aliphatic heterocycles. The van der Waals surface area contributed by atoms with Crippen molar-refractivity contribution in [2.45, 2.75) is 32.7 Å². The van der Waals surface area contributed by atoms with Crippen LogP contribution in [0, 0.1) is 6.92 Å². The van der Waals surface area contributed by atoms with Crippen LogP contribution in [0.25, 0.3) is 21.7 Å². The number of nitrogens with zero attached hydrogens (tertiary/aromatic N) is 1. The molecular weight excluding hydrogens is 312 g/mol. The summed E-state index contributed by atoms with van der Waals surface area (Å²) in [4.78, 5) is 6.43. The van der Waals surface area contributed by atoms with Gasteiger partial charge in [-0.2, -0.15) is 0 Å². The Labute approximate surface area is 147 Å². The highest BCUT2D eigenvalue weighted by Gasteiger charge is 2.31. The van der Waals surface area contributed by atoms with E-state index in [1.54, 1.807) is 0 Å². The van der Waals surface area contributed by atoms with E-state index in [4.69, 9.17) is 4.98 Å². The molecule has 0 amide bonds. The van der Waals surface area contributed by atoms with Gasteiger partial charge in [0, 0.05) is 28.9 Å². The number of hydrogen-bond donors (Lipinski definition) is 1. The minimum Gasteiger partial charge on any atom is -0.311 e. The van der Waals surface area contributed by atoms with E-state index >= 15 is 0 Å². The van der Waals surface area contributed by atoms with Gasteiger partial charge in [-0.1, -0.05) is 62.4 Å². The topological polar surface area (TPSA) is 24.9 Å². The van der Waals surface area contributed by atoms with Crippen LogP contribution in [0.4, 0.5) is 0 Å². The molecule has 0 fully saturated rings. The minimum atomic E-state index is 0.104. The van der Waals surface area contributed by atoms with Gasteiger partial charge in [0.15, 0.2) is 0 Å². The maximum atomic E-state index is 5.05. The molecule has 0 atom stereocenters. The third-order valence-corrected chi connectivity index (χ3v) is 5.93. The summed E-state index contributed by atoms with van der Waals surface area (Å²) in [5.41, 5.74) is 6.49. The molecule has 1 aromatic heterocycles. The van der Waals surface area contributed by atoms with Gasteiger partial charge in [-0.05, 0) is 23.6 Å². The molecule has 2 heterocycles. The summed E-state index contributed by atoms with van der Waals surface area (Å²) in [5, 5.41) is 4.66. The highest BCUT2D eigenvalue weighted by atomic mass is 32.1. The number of thiazole rings is 1. The summed E-state index contributed by atoms with van der Waals surface area (Å²) in [7, 11) is 0. The van der Waals surface area contributed by atoms with Crippen molar-refractivity contribution in [3.8, 4) is 21.7 Å². The fourth-order valence-electron chi connectivity index (χ4n) is 3.49. The van der Waals surface area contributed by atoms with E-state index in [0.29, 0.717) is 0 Å². The average Bonchev–Trinajstić information content (AvgIpc) is 3.01. The molecule has 3 aromatic rings. The number of rotatable bonds is 2. The third kappa shape index (κ3) is 2.58. The first-order valence-electron chi connectivity index (χ1n) is 8.42. The number of aromatic nitrogens is 1. The fourth-order valence-corrected chi connectivity index (χ4v) is 4.78. The first kappa shape index (κ1) is 15.6. The van der Waals surface area contributed by atoms with Gasteiger partial charge in [-0.3, -0.25) is 0 Å². The van der Waals surface area contributed by atoms with Crippen molar-refractivity contribution in [1.82, 2.24) is 10.3 Å². The first-order chi connectivity index (χ1) is 11.6. The van der Waals surface area contributed by atoms with E-state index in [-0.39, 0.29) is 5.41 Å². The van der Waals surface area contributed by atoms with Crippen molar-refractivity contribution in [1.29, 1.82) is 0 Å². The van der Waals surface area contributed by atoms with Crippen LogP contribution < -0.4 is 5.32 Å². The van der Waals surface area contributed by atoms with Crippen molar-refractivity contribution in [3.05, 3.63) is 64.7 Å². The van der Waals surface area contributed by atoms with Gasteiger partial charge in [-0.25, -0.2) is 4.98 Å². The van der Waals surface area contributed by atoms with Crippen LogP contribution in [-0.2, 0) is 12.0 Å². The summed E-state index contributed by atoms with van der Waals surface area (Å²) in [5.74, 6) is 0. The molecule has 0 bridgehead atoms. The van der Waals surface area contributed by atoms with Crippen LogP contribution in [0.2, 0.25) is 0 Å². The molecule has 1 aliphatic rings. The lowest BCUT2D eigenvalue weighted by Crippen LogP contribution is -2.38. The minimum absolute atomic E-state index is 0.104. The van der Waals surface area contributed by atoms with Crippen LogP contribution in [0.15, 0.2) is 48.5 Å². The number of benzene rings is 2. The van der Waals surface area contributed by atoms with Gasteiger partial charge in [0.2, 0.25) is 0 Å². The average molecular weight is 334 g/mol. The third-order valence-electron chi connectivity index (χ3n) is 4.84. The van der Waals surface area contributed by atoms with E-state index in [1.165, 1.54) is 32.8 Å². The lowest BCUT2D eigenvalue weighted by molar-refractivity contribution is 0.428. The summed E-state index contributed by atoms with van der Waals surface area (Å²) in [6, 6.07) is 17.1. The summed E-state index contributed by atoms with van der Waals surface area (Å²) in [6.07, 6.45) is 0. The molecule has 0 spiro atoms. The Balaban J connectivity index is 1.83. The maximum Gasteiger partial charge on any atom is 0.124 e. The molecule has 2 nitrogen and oxygen atoms in total. The molecule has 0 radical (unpaired) electrons. The maximum absolute atomic E-state index is 5.05. The van der Waals surface area contributed by atoms with E-state index in [1.807, 2.05) is 11.3 Å². The lowest BCUT2D eigenvalue weighted by Gasteiger charge is -2.28. The van der Waals surface area contributed by atoms with E-state index in [9.17, 15) is 0 Å². The quantitative estimate of drug-likeness (QED) is 0.699. The Morgan fingerprint density at radius 1 is 1.00 bits per heavy atom. The van der Waals surface area contributed by atoms with Crippen molar-refractivity contribution < 1.29 is 0 Å². The van der Waals surface area contributed by atoms with E-state index in [0.717, 1.165) is 18.1 Å². The molecule has 0 saturated carbocycles. The van der Waals surface area contributed by atoms with Crippen molar-refractivity contribution in [2.75, 3.05) is 6.54 Å². The van der Waals surface area contributed by atoms with Crippen LogP contribution in [0.3, 0.4) is 0 Å². The number of nitrogens with one attached hydrogen (secondary N) is 1. The summed E-state index contributed by atoms with van der Waals surface area (Å²) in [6.45, 7) is 8.69. The monoisotopic (exact) mass is 334 g/mol. The number of hydrogen-bond acceptors (Lipinski definition) is 3. The Bertz CT molecular complexity index is 878. The molecule has 122 valence electrons. The van der Waals surface area contributed by atoms with Crippen LogP contribution in [-0.4, -0.2) is 11.5 Å². The largest absolute Gasteiger partial charge is 0.311 e. The number of fused-ring (bicyclic) bond motifs is 1. The van der Waals surface area contributed by atoms with Crippen LogP contribution in [0.1, 0.15) is 30.0 Å². The molecule has 0 unspecified atom stereocenters. The molecule has 2 aromatic carbocycles. The normalized spacial score (nSPS) is 16.0. The van der Waals surface area contributed by atoms with Crippen molar-refractivity contribution in [2.24, 2.45) is 0 Å². The van der Waals surface area contributed by atoms with Gasteiger partial charge in [0.05, 0.1) is 5.69 Å². The van der Waals surface area contributed by atoms with Gasteiger partial charge in [-0.15, -0.1) is 11.3 Å². The Kier molecular flexibility index (Phi) is 3.78. The highest BCUT2D eigenvalue weighted by molar-refractivity contribution is 7.15. The summed E-state index contributed by atoms with van der Waals surface area (Å²) >= 11 is 1.84. The predicted octanol–water partition coefficient (Wildman–Crippen LogP) is 5.17. The molecule has 24 heavy (non-hydrogen) atoms. The SMILES string of the molecule is Cc1c(-c2ccccc2)cccc1-c1nc2c(s1)CNCC2(C)C. The summed E-state index contributed by atoms with van der Waals surface area (Å²) < 4.78 is 0. The molecule has 3 heteroatoms. The fraction of sp³-hybridized carbons (Fsp3) is 0.286. The zero-order chi connectivity index (χ0) is 16.7. The lowest BCUT2D eigenvalue weighted by atomic mass is 9.86. The molecule has 0 saturated heterocycles. The van der Waals surface area contributed by atoms with Gasteiger partial charge in [0.1, 0.15) is 5.01 Å². The smallest absolute Gasteiger partial charge is 0.124 e. The second-order valence-corrected chi connectivity index (χ2v) is 8.21. The molecule has 4 rings (SSSR count). The Hall–Kier alpha value is -1.97. The van der Waals surface area contributed by atoms with E-state index in [2.05, 4.69) is 74.6 Å². The predicted molar refractivity (Wildman–Crippen MR) is 102 cm³/mol.